The minimum absolute atomic E-state index is 0. The van der Waals surface area contributed by atoms with Crippen LogP contribution in [0.4, 0.5) is 0 Å². The average Bonchev–Trinajstić information content (AvgIpc) is 3.01. The number of aryl methyl sites for hydroxylation is 1. The van der Waals surface area contributed by atoms with E-state index < -0.39 is 0 Å². The van der Waals surface area contributed by atoms with Gasteiger partial charge in [-0.3, -0.25) is 4.79 Å². The number of para-hydroxylation sites is 1. The quantitative estimate of drug-likeness (QED) is 0.905. The highest BCUT2D eigenvalue weighted by Gasteiger charge is 2.38. The van der Waals surface area contributed by atoms with Gasteiger partial charge in [0, 0.05) is 26.1 Å². The molecule has 2 fully saturated rings. The third-order valence-electron chi connectivity index (χ3n) is 4.31. The molecule has 0 spiro atoms. The first-order chi connectivity index (χ1) is 10.3. The first-order valence-corrected chi connectivity index (χ1v) is 7.53. The molecule has 6 heteroatoms. The van der Waals surface area contributed by atoms with Gasteiger partial charge in [0.1, 0.15) is 5.75 Å². The van der Waals surface area contributed by atoms with E-state index in [1.807, 2.05) is 29.2 Å². The van der Waals surface area contributed by atoms with Crippen LogP contribution in [-0.2, 0) is 16.0 Å². The molecule has 0 radical (unpaired) electrons. The molecule has 0 aromatic heterocycles. The van der Waals surface area contributed by atoms with E-state index in [4.69, 9.17) is 9.47 Å². The molecular formula is C16H23ClN2O3. The van der Waals surface area contributed by atoms with Gasteiger partial charge in [0.05, 0.1) is 25.9 Å². The fraction of sp³-hybridized carbons (Fsp3) is 0.562. The Kier molecular flexibility index (Phi) is 6.06. The van der Waals surface area contributed by atoms with Crippen molar-refractivity contribution in [2.75, 3.05) is 33.4 Å². The Morgan fingerprint density at radius 1 is 1.41 bits per heavy atom. The molecule has 0 bridgehead atoms. The summed E-state index contributed by atoms with van der Waals surface area (Å²) in [5.74, 6) is 1.07. The van der Waals surface area contributed by atoms with Crippen LogP contribution in [0.15, 0.2) is 24.3 Å². The van der Waals surface area contributed by atoms with Crippen LogP contribution in [0.3, 0.4) is 0 Å². The number of methoxy groups -OCH3 is 1. The number of carbonyl (C=O) groups excluding carboxylic acids is 1. The molecule has 5 nitrogen and oxygen atoms in total. The zero-order valence-electron chi connectivity index (χ0n) is 12.8. The number of fused-ring (bicyclic) bond motifs is 1. The number of carbonyl (C=O) groups is 1. The van der Waals surface area contributed by atoms with Crippen molar-refractivity contribution in [2.45, 2.75) is 25.0 Å². The lowest BCUT2D eigenvalue weighted by atomic mass is 10.1. The van der Waals surface area contributed by atoms with Gasteiger partial charge in [0.15, 0.2) is 0 Å². The number of amides is 1. The Morgan fingerprint density at radius 2 is 2.23 bits per heavy atom. The monoisotopic (exact) mass is 326 g/mol. The minimum Gasteiger partial charge on any atom is -0.496 e. The molecular weight excluding hydrogens is 304 g/mol. The van der Waals surface area contributed by atoms with Crippen LogP contribution in [-0.4, -0.2) is 56.3 Å². The van der Waals surface area contributed by atoms with Crippen LogP contribution in [0.5, 0.6) is 5.75 Å². The number of benzene rings is 1. The lowest BCUT2D eigenvalue weighted by molar-refractivity contribution is -0.142. The Bertz CT molecular complexity index is 512. The smallest absolute Gasteiger partial charge is 0.223 e. The normalized spacial score (nSPS) is 23.6. The van der Waals surface area contributed by atoms with Crippen molar-refractivity contribution in [3.63, 3.8) is 0 Å². The summed E-state index contributed by atoms with van der Waals surface area (Å²) in [4.78, 5) is 14.5. The predicted octanol–water partition coefficient (Wildman–Crippen LogP) is 1.25. The van der Waals surface area contributed by atoms with Crippen LogP contribution in [0.25, 0.3) is 0 Å². The van der Waals surface area contributed by atoms with Gasteiger partial charge in [0.2, 0.25) is 5.91 Å². The fourth-order valence-corrected chi connectivity index (χ4v) is 3.19. The number of ether oxygens (including phenoxy) is 2. The van der Waals surface area contributed by atoms with E-state index in [0.717, 1.165) is 24.4 Å². The predicted molar refractivity (Wildman–Crippen MR) is 86.7 cm³/mol. The molecule has 0 unspecified atom stereocenters. The second kappa shape index (κ2) is 7.81. The molecule has 2 saturated heterocycles. The van der Waals surface area contributed by atoms with E-state index in [0.29, 0.717) is 26.0 Å². The highest BCUT2D eigenvalue weighted by Crippen LogP contribution is 2.22. The highest BCUT2D eigenvalue weighted by atomic mass is 35.5. The molecule has 0 saturated carbocycles. The van der Waals surface area contributed by atoms with Crippen molar-refractivity contribution < 1.29 is 14.3 Å². The van der Waals surface area contributed by atoms with Gasteiger partial charge >= 0.3 is 0 Å². The van der Waals surface area contributed by atoms with Crippen LogP contribution >= 0.6 is 12.4 Å². The molecule has 2 atom stereocenters. The Hall–Kier alpha value is -1.30. The highest BCUT2D eigenvalue weighted by molar-refractivity contribution is 5.85. The molecule has 122 valence electrons. The molecule has 1 amide bonds. The lowest BCUT2D eigenvalue weighted by Gasteiger charge is -2.37. The van der Waals surface area contributed by atoms with Crippen molar-refractivity contribution in [2.24, 2.45) is 0 Å². The average molecular weight is 327 g/mol. The van der Waals surface area contributed by atoms with Gasteiger partial charge in [0.25, 0.3) is 0 Å². The van der Waals surface area contributed by atoms with Gasteiger partial charge < -0.3 is 19.7 Å². The number of halogens is 1. The largest absolute Gasteiger partial charge is 0.496 e. The summed E-state index contributed by atoms with van der Waals surface area (Å²) in [6, 6.07) is 8.08. The van der Waals surface area contributed by atoms with Gasteiger partial charge in [-0.05, 0) is 18.1 Å². The number of nitrogens with zero attached hydrogens (tertiary/aromatic N) is 1. The molecule has 0 aliphatic carbocycles. The molecule has 1 aromatic carbocycles. The summed E-state index contributed by atoms with van der Waals surface area (Å²) in [5.41, 5.74) is 1.09. The maximum absolute atomic E-state index is 12.5. The van der Waals surface area contributed by atoms with Crippen molar-refractivity contribution in [3.05, 3.63) is 29.8 Å². The summed E-state index contributed by atoms with van der Waals surface area (Å²) < 4.78 is 11.0. The first kappa shape index (κ1) is 17.1. The third kappa shape index (κ3) is 3.54. The third-order valence-corrected chi connectivity index (χ3v) is 4.31. The molecule has 2 aliphatic heterocycles. The molecule has 1 aromatic rings. The van der Waals surface area contributed by atoms with Crippen LogP contribution in [0, 0.1) is 0 Å². The van der Waals surface area contributed by atoms with E-state index in [2.05, 4.69) is 5.32 Å². The number of morpholine rings is 1. The zero-order chi connectivity index (χ0) is 14.7. The van der Waals surface area contributed by atoms with Crippen LogP contribution < -0.4 is 10.1 Å². The second-order valence-corrected chi connectivity index (χ2v) is 5.53. The first-order valence-electron chi connectivity index (χ1n) is 7.53. The van der Waals surface area contributed by atoms with Crippen molar-refractivity contribution >= 4 is 18.3 Å². The van der Waals surface area contributed by atoms with Gasteiger partial charge in [-0.1, -0.05) is 18.2 Å². The Morgan fingerprint density at radius 3 is 3.05 bits per heavy atom. The van der Waals surface area contributed by atoms with Crippen LogP contribution in [0.2, 0.25) is 0 Å². The van der Waals surface area contributed by atoms with E-state index in [9.17, 15) is 4.79 Å². The van der Waals surface area contributed by atoms with Gasteiger partial charge in [-0.25, -0.2) is 0 Å². The van der Waals surface area contributed by atoms with E-state index >= 15 is 0 Å². The van der Waals surface area contributed by atoms with E-state index in [1.165, 1.54) is 0 Å². The van der Waals surface area contributed by atoms with Crippen molar-refractivity contribution in [3.8, 4) is 5.75 Å². The molecule has 22 heavy (non-hydrogen) atoms. The summed E-state index contributed by atoms with van der Waals surface area (Å²) in [5, 5.41) is 3.30. The number of hydrogen-bond acceptors (Lipinski definition) is 4. The topological polar surface area (TPSA) is 50.8 Å². The summed E-state index contributed by atoms with van der Waals surface area (Å²) in [6.07, 6.45) is 1.39. The van der Waals surface area contributed by atoms with Crippen molar-refractivity contribution in [1.29, 1.82) is 0 Å². The number of rotatable bonds is 4. The van der Waals surface area contributed by atoms with Crippen LogP contribution in [0.1, 0.15) is 12.0 Å². The Balaban J connectivity index is 0.00000176. The number of nitrogens with one attached hydrogen (secondary N) is 1. The maximum Gasteiger partial charge on any atom is 0.223 e. The second-order valence-electron chi connectivity index (χ2n) is 5.53. The summed E-state index contributed by atoms with van der Waals surface area (Å²) >= 11 is 0. The Labute approximate surface area is 137 Å². The summed E-state index contributed by atoms with van der Waals surface area (Å²) in [6.45, 7) is 3.03. The molecule has 2 aliphatic rings. The number of hydrogen-bond donors (Lipinski definition) is 1. The molecule has 3 rings (SSSR count). The van der Waals surface area contributed by atoms with E-state index in [-0.39, 0.29) is 30.5 Å². The maximum atomic E-state index is 12.5. The van der Waals surface area contributed by atoms with E-state index in [1.54, 1.807) is 7.11 Å². The fourth-order valence-electron chi connectivity index (χ4n) is 3.19. The van der Waals surface area contributed by atoms with Crippen molar-refractivity contribution in [1.82, 2.24) is 10.2 Å². The molecule has 1 N–H and O–H groups in total. The minimum atomic E-state index is 0. The summed E-state index contributed by atoms with van der Waals surface area (Å²) in [7, 11) is 1.66. The standard InChI is InChI=1S/C16H22N2O3.ClH/c1-20-14-5-3-2-4-12(14)6-7-16(19)18-8-9-21-15-11-17-10-13(15)18;/h2-5,13,15,17H,6-11H2,1H3;1H/t13-,15+;/m1./s1. The SMILES string of the molecule is COc1ccccc1CCC(=O)N1CCO[C@H]2CNC[C@H]21.Cl. The molecule has 2 heterocycles. The van der Waals surface area contributed by atoms with Gasteiger partial charge in [-0.15, -0.1) is 12.4 Å². The van der Waals surface area contributed by atoms with Gasteiger partial charge in [-0.2, -0.15) is 0 Å². The lowest BCUT2D eigenvalue weighted by Crippen LogP contribution is -2.53. The zero-order valence-corrected chi connectivity index (χ0v) is 13.6.